The Morgan fingerprint density at radius 2 is 1.81 bits per heavy atom. The fourth-order valence-electron chi connectivity index (χ4n) is 3.94. The van der Waals surface area contributed by atoms with Gasteiger partial charge in [-0.2, -0.15) is 0 Å². The molecule has 7 nitrogen and oxygen atoms in total. The first-order valence-electron chi connectivity index (χ1n) is 11.4. The number of hydrogen-bond donors (Lipinski definition) is 0. The molecular formula is C24H33N3O4S. The molecule has 1 aromatic heterocycles. The summed E-state index contributed by atoms with van der Waals surface area (Å²) in [6.45, 7) is 11.0. The molecular weight excluding hydrogens is 426 g/mol. The SMILES string of the molecule is CC(C)(C)OC(=O)N1CCC(c2nc(COc3ccc(N4CCOCC4)cc3)cs2)CC1. The lowest BCUT2D eigenvalue weighted by Gasteiger charge is -2.32. The summed E-state index contributed by atoms with van der Waals surface area (Å²) in [5.74, 6) is 1.24. The van der Waals surface area contributed by atoms with Gasteiger partial charge in [-0.15, -0.1) is 11.3 Å². The molecule has 0 unspecified atom stereocenters. The quantitative estimate of drug-likeness (QED) is 0.647. The molecule has 8 heteroatoms. The summed E-state index contributed by atoms with van der Waals surface area (Å²) in [5.41, 5.74) is 1.70. The molecule has 2 aromatic rings. The summed E-state index contributed by atoms with van der Waals surface area (Å²) in [6, 6.07) is 8.24. The van der Waals surface area contributed by atoms with E-state index in [9.17, 15) is 4.79 Å². The van der Waals surface area contributed by atoms with Gasteiger partial charge >= 0.3 is 6.09 Å². The zero-order valence-electron chi connectivity index (χ0n) is 19.2. The molecule has 174 valence electrons. The molecule has 4 rings (SSSR count). The van der Waals surface area contributed by atoms with Crippen molar-refractivity contribution in [3.63, 3.8) is 0 Å². The van der Waals surface area contributed by atoms with Gasteiger partial charge < -0.3 is 24.0 Å². The number of morpholine rings is 1. The monoisotopic (exact) mass is 459 g/mol. The summed E-state index contributed by atoms with van der Waals surface area (Å²) < 4.78 is 16.9. The molecule has 2 saturated heterocycles. The van der Waals surface area contributed by atoms with Crippen LogP contribution in [0.4, 0.5) is 10.5 Å². The second-order valence-electron chi connectivity index (χ2n) is 9.30. The van der Waals surface area contributed by atoms with Gasteiger partial charge in [-0.3, -0.25) is 0 Å². The second-order valence-corrected chi connectivity index (χ2v) is 10.2. The standard InChI is InChI=1S/C24H33N3O4S/c1-24(2,3)31-23(28)27-10-8-18(9-11-27)22-25-19(17-32-22)16-30-21-6-4-20(5-7-21)26-12-14-29-15-13-26/h4-7,17-18H,8-16H2,1-3H3. The van der Waals surface area contributed by atoms with Gasteiger partial charge in [0.2, 0.25) is 0 Å². The second kappa shape index (κ2) is 10.1. The van der Waals surface area contributed by atoms with Crippen molar-refractivity contribution in [2.75, 3.05) is 44.3 Å². The Kier molecular flexibility index (Phi) is 7.20. The van der Waals surface area contributed by atoms with Gasteiger partial charge in [0.25, 0.3) is 0 Å². The van der Waals surface area contributed by atoms with Gasteiger partial charge in [0.15, 0.2) is 0 Å². The van der Waals surface area contributed by atoms with Crippen LogP contribution in [0.2, 0.25) is 0 Å². The molecule has 32 heavy (non-hydrogen) atoms. The van der Waals surface area contributed by atoms with E-state index in [-0.39, 0.29) is 6.09 Å². The van der Waals surface area contributed by atoms with Crippen LogP contribution < -0.4 is 9.64 Å². The Labute approximate surface area is 194 Å². The van der Waals surface area contributed by atoms with Gasteiger partial charge in [-0.1, -0.05) is 0 Å². The third-order valence-corrected chi connectivity index (χ3v) is 6.72. The number of hydrogen-bond acceptors (Lipinski definition) is 7. The van der Waals surface area contributed by atoms with Crippen molar-refractivity contribution in [2.45, 2.75) is 51.7 Å². The Morgan fingerprint density at radius 1 is 1.12 bits per heavy atom. The number of aromatic nitrogens is 1. The summed E-state index contributed by atoms with van der Waals surface area (Å²) in [6.07, 6.45) is 1.61. The van der Waals surface area contributed by atoms with Crippen LogP contribution in [0.1, 0.15) is 50.2 Å². The van der Waals surface area contributed by atoms with Gasteiger partial charge in [0, 0.05) is 43.2 Å². The van der Waals surface area contributed by atoms with Gasteiger partial charge in [-0.05, 0) is 57.9 Å². The summed E-state index contributed by atoms with van der Waals surface area (Å²) >= 11 is 1.69. The van der Waals surface area contributed by atoms with Gasteiger partial charge in [0.05, 0.1) is 23.9 Å². The lowest BCUT2D eigenvalue weighted by atomic mass is 9.98. The fourth-order valence-corrected chi connectivity index (χ4v) is 4.92. The van der Waals surface area contributed by atoms with E-state index >= 15 is 0 Å². The normalized spacial score (nSPS) is 18.0. The molecule has 1 amide bonds. The van der Waals surface area contributed by atoms with E-state index in [1.165, 1.54) is 5.69 Å². The number of ether oxygens (including phenoxy) is 3. The molecule has 0 saturated carbocycles. The number of anilines is 1. The molecule has 0 atom stereocenters. The highest BCUT2D eigenvalue weighted by molar-refractivity contribution is 7.09. The largest absolute Gasteiger partial charge is 0.487 e. The highest BCUT2D eigenvalue weighted by Gasteiger charge is 2.28. The number of rotatable bonds is 5. The van der Waals surface area contributed by atoms with E-state index in [1.54, 1.807) is 16.2 Å². The van der Waals surface area contributed by atoms with Crippen LogP contribution in [0.25, 0.3) is 0 Å². The summed E-state index contributed by atoms with van der Waals surface area (Å²) in [4.78, 5) is 21.2. The van der Waals surface area contributed by atoms with Crippen LogP contribution in [0.5, 0.6) is 5.75 Å². The third kappa shape index (κ3) is 6.13. The van der Waals surface area contributed by atoms with Crippen molar-refractivity contribution in [3.8, 4) is 5.75 Å². The van der Waals surface area contributed by atoms with E-state index in [0.717, 1.165) is 55.6 Å². The average molecular weight is 460 g/mol. The molecule has 0 spiro atoms. The van der Waals surface area contributed by atoms with E-state index in [2.05, 4.69) is 22.4 Å². The van der Waals surface area contributed by atoms with Crippen molar-refractivity contribution in [1.82, 2.24) is 9.88 Å². The maximum atomic E-state index is 12.3. The highest BCUT2D eigenvalue weighted by Crippen LogP contribution is 2.31. The molecule has 2 fully saturated rings. The van der Waals surface area contributed by atoms with Crippen LogP contribution in [0.3, 0.4) is 0 Å². The highest BCUT2D eigenvalue weighted by atomic mass is 32.1. The van der Waals surface area contributed by atoms with Crippen LogP contribution in [0.15, 0.2) is 29.6 Å². The predicted molar refractivity (Wildman–Crippen MR) is 126 cm³/mol. The Hall–Kier alpha value is -2.32. The molecule has 0 aliphatic carbocycles. The van der Waals surface area contributed by atoms with Crippen LogP contribution >= 0.6 is 11.3 Å². The van der Waals surface area contributed by atoms with Gasteiger partial charge in [0.1, 0.15) is 18.0 Å². The number of thiazole rings is 1. The summed E-state index contributed by atoms with van der Waals surface area (Å²) in [5, 5.41) is 3.22. The molecule has 2 aliphatic heterocycles. The minimum absolute atomic E-state index is 0.219. The van der Waals surface area contributed by atoms with Crippen molar-refractivity contribution in [3.05, 3.63) is 40.3 Å². The van der Waals surface area contributed by atoms with E-state index < -0.39 is 5.60 Å². The zero-order valence-corrected chi connectivity index (χ0v) is 20.0. The third-order valence-electron chi connectivity index (χ3n) is 5.67. The number of benzene rings is 1. The molecule has 1 aromatic carbocycles. The van der Waals surface area contributed by atoms with Crippen molar-refractivity contribution in [2.24, 2.45) is 0 Å². The molecule has 2 aliphatic rings. The average Bonchev–Trinajstić information content (AvgIpc) is 3.27. The van der Waals surface area contributed by atoms with E-state index in [1.807, 2.05) is 32.9 Å². The minimum Gasteiger partial charge on any atom is -0.487 e. The lowest BCUT2D eigenvalue weighted by molar-refractivity contribution is 0.0204. The van der Waals surface area contributed by atoms with Crippen molar-refractivity contribution < 1.29 is 19.0 Å². The maximum absolute atomic E-state index is 12.3. The molecule has 0 bridgehead atoms. The van der Waals surface area contributed by atoms with Crippen LogP contribution in [-0.2, 0) is 16.1 Å². The number of nitrogens with zero attached hydrogens (tertiary/aromatic N) is 3. The number of likely N-dealkylation sites (tertiary alicyclic amines) is 1. The first-order valence-corrected chi connectivity index (χ1v) is 12.2. The predicted octanol–water partition coefficient (Wildman–Crippen LogP) is 4.67. The Morgan fingerprint density at radius 3 is 2.47 bits per heavy atom. The smallest absolute Gasteiger partial charge is 0.410 e. The van der Waals surface area contributed by atoms with Crippen LogP contribution in [0, 0.1) is 0 Å². The number of piperidine rings is 1. The van der Waals surface area contributed by atoms with Gasteiger partial charge in [-0.25, -0.2) is 9.78 Å². The molecule has 0 radical (unpaired) electrons. The fraction of sp³-hybridized carbons (Fsp3) is 0.583. The number of amides is 1. The Balaban J connectivity index is 1.24. The maximum Gasteiger partial charge on any atom is 0.410 e. The van der Waals surface area contributed by atoms with E-state index in [4.69, 9.17) is 19.2 Å². The zero-order chi connectivity index (χ0) is 22.6. The topological polar surface area (TPSA) is 64.1 Å². The number of carbonyl (C=O) groups excluding carboxylic acids is 1. The molecule has 3 heterocycles. The lowest BCUT2D eigenvalue weighted by Crippen LogP contribution is -2.41. The van der Waals surface area contributed by atoms with Crippen molar-refractivity contribution in [1.29, 1.82) is 0 Å². The minimum atomic E-state index is -0.457. The Bertz CT molecular complexity index is 879. The van der Waals surface area contributed by atoms with Crippen molar-refractivity contribution >= 4 is 23.1 Å². The first kappa shape index (κ1) is 22.9. The number of carbonyl (C=O) groups is 1. The first-order chi connectivity index (χ1) is 15.4. The van der Waals surface area contributed by atoms with E-state index in [0.29, 0.717) is 25.6 Å². The molecule has 0 N–H and O–H groups in total. The van der Waals surface area contributed by atoms with Crippen LogP contribution in [-0.4, -0.2) is 61.0 Å². The summed E-state index contributed by atoms with van der Waals surface area (Å²) in [7, 11) is 0.